The number of nitrogens with one attached hydrogen (secondary N) is 1. The van der Waals surface area contributed by atoms with E-state index in [1.54, 1.807) is 18.4 Å². The summed E-state index contributed by atoms with van der Waals surface area (Å²) in [5, 5.41) is 1.12. The first-order valence-electron chi connectivity index (χ1n) is 7.26. The Bertz CT molecular complexity index is 1040. The highest BCUT2D eigenvalue weighted by molar-refractivity contribution is 7.88. The number of nitrogen functional groups attached to an aromatic ring is 1. The Labute approximate surface area is 144 Å². The molecule has 2 heterocycles. The van der Waals surface area contributed by atoms with E-state index in [1.165, 1.54) is 0 Å². The van der Waals surface area contributed by atoms with Gasteiger partial charge in [-0.15, -0.1) is 0 Å². The van der Waals surface area contributed by atoms with Crippen LogP contribution >= 0.6 is 11.6 Å². The van der Waals surface area contributed by atoms with Gasteiger partial charge in [-0.1, -0.05) is 29.8 Å². The first kappa shape index (κ1) is 16.9. The fourth-order valence-corrected chi connectivity index (χ4v) is 4.20. The number of para-hydroxylation sites is 1. The van der Waals surface area contributed by atoms with Gasteiger partial charge in [-0.3, -0.25) is 0 Å². The molecule has 0 saturated heterocycles. The summed E-state index contributed by atoms with van der Waals surface area (Å²) in [6.45, 7) is 3.86. The highest BCUT2D eigenvalue weighted by Gasteiger charge is 2.26. The lowest BCUT2D eigenvalue weighted by atomic mass is 10.1. The number of anilines is 1. The largest absolute Gasteiger partial charge is 0.369 e. The molecule has 0 atom stereocenters. The molecule has 0 amide bonds. The molecule has 3 N–H and O–H groups in total. The molecule has 2 aromatic heterocycles. The molecule has 0 aliphatic rings. The number of hydrogen-bond donors (Lipinski definition) is 2. The van der Waals surface area contributed by atoms with Crippen molar-refractivity contribution in [2.45, 2.75) is 25.9 Å². The van der Waals surface area contributed by atoms with E-state index in [2.05, 4.69) is 14.7 Å². The summed E-state index contributed by atoms with van der Waals surface area (Å²) in [5.74, 6) is 0.258. The van der Waals surface area contributed by atoms with Crippen molar-refractivity contribution in [2.24, 2.45) is 0 Å². The number of sulfonamides is 1. The number of hydrogen-bond acceptors (Lipinski definition) is 5. The number of imidazole rings is 1. The van der Waals surface area contributed by atoms with Crippen molar-refractivity contribution in [3.05, 3.63) is 29.4 Å². The molecule has 0 unspecified atom stereocenters. The van der Waals surface area contributed by atoms with Crippen LogP contribution < -0.4 is 10.5 Å². The van der Waals surface area contributed by atoms with Gasteiger partial charge >= 0.3 is 0 Å². The van der Waals surface area contributed by atoms with E-state index in [1.807, 2.05) is 24.3 Å². The molecule has 0 fully saturated rings. The van der Waals surface area contributed by atoms with Crippen LogP contribution in [-0.2, 0) is 16.6 Å². The minimum Gasteiger partial charge on any atom is -0.369 e. The van der Waals surface area contributed by atoms with Crippen molar-refractivity contribution < 1.29 is 8.42 Å². The van der Waals surface area contributed by atoms with E-state index in [9.17, 15) is 8.42 Å². The molecule has 7 nitrogen and oxygen atoms in total. The number of halogens is 1. The average molecular weight is 368 g/mol. The Morgan fingerprint density at radius 2 is 1.96 bits per heavy atom. The Morgan fingerprint density at radius 1 is 1.29 bits per heavy atom. The van der Waals surface area contributed by atoms with Gasteiger partial charge in [-0.05, 0) is 19.9 Å². The molecule has 1 aromatic carbocycles. The standard InChI is InChI=1S/C15H18ClN5O2S/c1-15(2,20-24(3,22)23)8-21-12-9-6-4-5-7-10(9)18-13(16)11(12)19-14(21)17/h4-7,20H,8H2,1-3H3,(H2,17,19). The SMILES string of the molecule is CC(C)(Cn1c(N)nc2c(Cl)nc3ccccc3c21)NS(C)(=O)=O. The second kappa shape index (κ2) is 5.58. The van der Waals surface area contributed by atoms with Gasteiger partial charge in [0.25, 0.3) is 0 Å². The van der Waals surface area contributed by atoms with Gasteiger partial charge in [0.15, 0.2) is 5.15 Å². The number of rotatable bonds is 4. The first-order valence-corrected chi connectivity index (χ1v) is 9.53. The zero-order chi connectivity index (χ0) is 17.7. The fourth-order valence-electron chi connectivity index (χ4n) is 2.91. The van der Waals surface area contributed by atoms with E-state index in [0.717, 1.165) is 22.7 Å². The molecule has 0 aliphatic carbocycles. The molecule has 0 bridgehead atoms. The molecular formula is C15H18ClN5O2S. The third-order valence-electron chi connectivity index (χ3n) is 3.59. The number of fused-ring (bicyclic) bond motifs is 3. The van der Waals surface area contributed by atoms with Gasteiger partial charge in [-0.2, -0.15) is 0 Å². The van der Waals surface area contributed by atoms with Crippen molar-refractivity contribution in [1.29, 1.82) is 0 Å². The van der Waals surface area contributed by atoms with Crippen LogP contribution in [0.1, 0.15) is 13.8 Å². The number of nitrogens with two attached hydrogens (primary N) is 1. The molecule has 0 saturated carbocycles. The Morgan fingerprint density at radius 3 is 2.62 bits per heavy atom. The smallest absolute Gasteiger partial charge is 0.209 e. The Hall–Kier alpha value is -1.90. The van der Waals surface area contributed by atoms with Crippen LogP contribution in [0.5, 0.6) is 0 Å². The van der Waals surface area contributed by atoms with Crippen molar-refractivity contribution in [3.63, 3.8) is 0 Å². The molecule has 9 heteroatoms. The summed E-state index contributed by atoms with van der Waals surface area (Å²) in [6, 6.07) is 7.53. The Balaban J connectivity index is 2.23. The lowest BCUT2D eigenvalue weighted by molar-refractivity contribution is 0.398. The number of aromatic nitrogens is 3. The minimum absolute atomic E-state index is 0.258. The lowest BCUT2D eigenvalue weighted by Crippen LogP contribution is -2.46. The summed E-state index contributed by atoms with van der Waals surface area (Å²) < 4.78 is 27.6. The third-order valence-corrected chi connectivity index (χ3v) is 4.77. The molecule has 0 spiro atoms. The maximum atomic E-state index is 11.6. The third kappa shape index (κ3) is 3.17. The van der Waals surface area contributed by atoms with Gasteiger partial charge in [0, 0.05) is 17.5 Å². The van der Waals surface area contributed by atoms with Crippen LogP contribution in [0.3, 0.4) is 0 Å². The molecular weight excluding hydrogens is 350 g/mol. The van der Waals surface area contributed by atoms with E-state index in [0.29, 0.717) is 12.1 Å². The fraction of sp³-hybridized carbons (Fsp3) is 0.333. The predicted molar refractivity (Wildman–Crippen MR) is 96.5 cm³/mol. The predicted octanol–water partition coefficient (Wildman–Crippen LogP) is 2.15. The molecule has 3 rings (SSSR count). The summed E-state index contributed by atoms with van der Waals surface area (Å²) in [6.07, 6.45) is 1.13. The minimum atomic E-state index is -3.36. The van der Waals surface area contributed by atoms with Crippen molar-refractivity contribution in [3.8, 4) is 0 Å². The van der Waals surface area contributed by atoms with Crippen LogP contribution in [0.2, 0.25) is 5.15 Å². The zero-order valence-electron chi connectivity index (χ0n) is 13.5. The van der Waals surface area contributed by atoms with Crippen LogP contribution in [0.25, 0.3) is 21.9 Å². The van der Waals surface area contributed by atoms with Gasteiger partial charge in [-0.25, -0.2) is 23.1 Å². The van der Waals surface area contributed by atoms with Crippen molar-refractivity contribution in [2.75, 3.05) is 12.0 Å². The quantitative estimate of drug-likeness (QED) is 0.688. The normalized spacial score (nSPS) is 13.0. The lowest BCUT2D eigenvalue weighted by Gasteiger charge is -2.26. The number of benzene rings is 1. The van der Waals surface area contributed by atoms with E-state index < -0.39 is 15.6 Å². The molecule has 24 heavy (non-hydrogen) atoms. The average Bonchev–Trinajstić information content (AvgIpc) is 2.74. The summed E-state index contributed by atoms with van der Waals surface area (Å²) in [5.41, 5.74) is 7.29. The zero-order valence-corrected chi connectivity index (χ0v) is 15.1. The van der Waals surface area contributed by atoms with Crippen molar-refractivity contribution in [1.82, 2.24) is 19.3 Å². The van der Waals surface area contributed by atoms with Crippen LogP contribution in [0.15, 0.2) is 24.3 Å². The maximum absolute atomic E-state index is 11.6. The molecule has 0 aliphatic heterocycles. The maximum Gasteiger partial charge on any atom is 0.209 e. The highest BCUT2D eigenvalue weighted by Crippen LogP contribution is 2.31. The van der Waals surface area contributed by atoms with Gasteiger partial charge in [0.2, 0.25) is 16.0 Å². The van der Waals surface area contributed by atoms with Gasteiger partial charge in [0.05, 0.1) is 17.3 Å². The number of pyridine rings is 1. The van der Waals surface area contributed by atoms with Gasteiger partial charge in [0.1, 0.15) is 5.52 Å². The molecule has 128 valence electrons. The second-order valence-corrected chi connectivity index (χ2v) is 8.54. The monoisotopic (exact) mass is 367 g/mol. The highest BCUT2D eigenvalue weighted by atomic mass is 35.5. The number of nitrogens with zero attached hydrogens (tertiary/aromatic N) is 3. The van der Waals surface area contributed by atoms with E-state index in [4.69, 9.17) is 17.3 Å². The second-order valence-electron chi connectivity index (χ2n) is 6.43. The molecule has 3 aromatic rings. The van der Waals surface area contributed by atoms with Crippen LogP contribution in [-0.4, -0.2) is 34.7 Å². The van der Waals surface area contributed by atoms with Crippen molar-refractivity contribution >= 4 is 49.5 Å². The summed E-state index contributed by atoms with van der Waals surface area (Å²) >= 11 is 6.25. The molecule has 0 radical (unpaired) electrons. The van der Waals surface area contributed by atoms with Crippen LogP contribution in [0.4, 0.5) is 5.95 Å². The van der Waals surface area contributed by atoms with E-state index >= 15 is 0 Å². The summed E-state index contributed by atoms with van der Waals surface area (Å²) in [4.78, 5) is 8.65. The van der Waals surface area contributed by atoms with Gasteiger partial charge < -0.3 is 10.3 Å². The van der Waals surface area contributed by atoms with Crippen LogP contribution in [0, 0.1) is 0 Å². The first-order chi connectivity index (χ1) is 11.1. The topological polar surface area (TPSA) is 103 Å². The summed E-state index contributed by atoms with van der Waals surface area (Å²) in [7, 11) is -3.36. The van der Waals surface area contributed by atoms with E-state index in [-0.39, 0.29) is 11.1 Å². The Kier molecular flexibility index (Phi) is 3.94.